The average molecular weight is 251 g/mol. The second-order valence-corrected chi connectivity index (χ2v) is 3.81. The summed E-state index contributed by atoms with van der Waals surface area (Å²) in [7, 11) is 0. The van der Waals surface area contributed by atoms with E-state index in [1.807, 2.05) is 12.1 Å². The van der Waals surface area contributed by atoms with Gasteiger partial charge in [-0.25, -0.2) is 4.98 Å². The standard InChI is InChI=1S/C12H11ClN2O2/c13-12-6-14-10(5-15-12)8-17-11-3-1-9(7-16)2-4-11/h1-6,16H,7-8H2. The van der Waals surface area contributed by atoms with Crippen LogP contribution in [-0.2, 0) is 13.2 Å². The lowest BCUT2D eigenvalue weighted by Crippen LogP contribution is -1.99. The lowest BCUT2D eigenvalue weighted by atomic mass is 10.2. The Morgan fingerprint density at radius 2 is 1.88 bits per heavy atom. The van der Waals surface area contributed by atoms with Gasteiger partial charge in [-0.15, -0.1) is 0 Å². The van der Waals surface area contributed by atoms with Crippen LogP contribution in [0.25, 0.3) is 0 Å². The number of halogens is 1. The first-order chi connectivity index (χ1) is 8.28. The van der Waals surface area contributed by atoms with Crippen LogP contribution in [0.4, 0.5) is 0 Å². The van der Waals surface area contributed by atoms with Gasteiger partial charge in [0.25, 0.3) is 0 Å². The Morgan fingerprint density at radius 3 is 2.47 bits per heavy atom. The number of hydrogen-bond donors (Lipinski definition) is 1. The zero-order valence-corrected chi connectivity index (χ0v) is 9.76. The summed E-state index contributed by atoms with van der Waals surface area (Å²) in [4.78, 5) is 7.98. The second-order valence-electron chi connectivity index (χ2n) is 3.42. The van der Waals surface area contributed by atoms with E-state index in [4.69, 9.17) is 21.4 Å². The molecule has 5 heteroatoms. The normalized spacial score (nSPS) is 10.2. The van der Waals surface area contributed by atoms with Gasteiger partial charge in [0.15, 0.2) is 0 Å². The number of nitrogens with zero attached hydrogens (tertiary/aromatic N) is 2. The molecule has 0 fully saturated rings. The predicted octanol–water partition coefficient (Wildman–Crippen LogP) is 2.20. The third kappa shape index (κ3) is 3.41. The maximum atomic E-state index is 8.89. The predicted molar refractivity (Wildman–Crippen MR) is 63.7 cm³/mol. The molecule has 1 aromatic heterocycles. The molecule has 0 aliphatic heterocycles. The molecule has 1 heterocycles. The molecule has 0 amide bonds. The molecule has 0 saturated heterocycles. The van der Waals surface area contributed by atoms with Crippen molar-refractivity contribution in [3.8, 4) is 5.75 Å². The summed E-state index contributed by atoms with van der Waals surface area (Å²) in [5.41, 5.74) is 1.56. The Labute approximate surface area is 104 Å². The first-order valence-electron chi connectivity index (χ1n) is 5.07. The van der Waals surface area contributed by atoms with Gasteiger partial charge in [0.1, 0.15) is 17.5 Å². The van der Waals surface area contributed by atoms with Crippen molar-refractivity contribution in [1.29, 1.82) is 0 Å². The van der Waals surface area contributed by atoms with E-state index in [1.54, 1.807) is 18.3 Å². The number of hydrogen-bond acceptors (Lipinski definition) is 4. The number of rotatable bonds is 4. The van der Waals surface area contributed by atoms with Gasteiger partial charge < -0.3 is 9.84 Å². The largest absolute Gasteiger partial charge is 0.487 e. The van der Waals surface area contributed by atoms with Gasteiger partial charge in [-0.1, -0.05) is 23.7 Å². The average Bonchev–Trinajstić information content (AvgIpc) is 2.39. The molecule has 0 radical (unpaired) electrons. The number of aliphatic hydroxyl groups excluding tert-OH is 1. The molecule has 0 aliphatic rings. The van der Waals surface area contributed by atoms with Gasteiger partial charge in [-0.05, 0) is 17.7 Å². The highest BCUT2D eigenvalue weighted by Crippen LogP contribution is 2.13. The first kappa shape index (κ1) is 11.8. The summed E-state index contributed by atoms with van der Waals surface area (Å²) in [5.74, 6) is 0.721. The van der Waals surface area contributed by atoms with Crippen LogP contribution in [0.1, 0.15) is 11.3 Å². The maximum Gasteiger partial charge on any atom is 0.147 e. The van der Waals surface area contributed by atoms with Crippen LogP contribution >= 0.6 is 11.6 Å². The molecule has 0 spiro atoms. The molecule has 4 nitrogen and oxygen atoms in total. The van der Waals surface area contributed by atoms with Crippen LogP contribution in [0.3, 0.4) is 0 Å². The monoisotopic (exact) mass is 250 g/mol. The SMILES string of the molecule is OCc1ccc(OCc2cnc(Cl)cn2)cc1. The number of ether oxygens (including phenoxy) is 1. The molecule has 1 aromatic carbocycles. The fraction of sp³-hybridized carbons (Fsp3) is 0.167. The lowest BCUT2D eigenvalue weighted by Gasteiger charge is -2.05. The quantitative estimate of drug-likeness (QED) is 0.904. The summed E-state index contributed by atoms with van der Waals surface area (Å²) in [6, 6.07) is 7.22. The van der Waals surface area contributed by atoms with E-state index in [0.29, 0.717) is 17.5 Å². The highest BCUT2D eigenvalue weighted by molar-refractivity contribution is 6.29. The van der Waals surface area contributed by atoms with E-state index < -0.39 is 0 Å². The highest BCUT2D eigenvalue weighted by atomic mass is 35.5. The van der Waals surface area contributed by atoms with Crippen molar-refractivity contribution in [1.82, 2.24) is 9.97 Å². The summed E-state index contributed by atoms with van der Waals surface area (Å²) in [6.07, 6.45) is 3.06. The molecular formula is C12H11ClN2O2. The van der Waals surface area contributed by atoms with E-state index in [9.17, 15) is 0 Å². The molecule has 0 aliphatic carbocycles. The summed E-state index contributed by atoms with van der Waals surface area (Å²) < 4.78 is 5.50. The lowest BCUT2D eigenvalue weighted by molar-refractivity contribution is 0.280. The highest BCUT2D eigenvalue weighted by Gasteiger charge is 1.98. The Hall–Kier alpha value is -1.65. The number of benzene rings is 1. The molecule has 0 unspecified atom stereocenters. The van der Waals surface area contributed by atoms with Gasteiger partial charge in [0.2, 0.25) is 0 Å². The van der Waals surface area contributed by atoms with Crippen LogP contribution in [-0.4, -0.2) is 15.1 Å². The molecule has 2 aromatic rings. The maximum absolute atomic E-state index is 8.89. The molecule has 17 heavy (non-hydrogen) atoms. The van der Waals surface area contributed by atoms with Crippen molar-refractivity contribution in [2.24, 2.45) is 0 Å². The van der Waals surface area contributed by atoms with Crippen molar-refractivity contribution < 1.29 is 9.84 Å². The molecular weight excluding hydrogens is 240 g/mol. The Bertz CT molecular complexity index is 471. The van der Waals surface area contributed by atoms with Gasteiger partial charge >= 0.3 is 0 Å². The van der Waals surface area contributed by atoms with Crippen LogP contribution < -0.4 is 4.74 Å². The topological polar surface area (TPSA) is 55.2 Å². The van der Waals surface area contributed by atoms with E-state index in [2.05, 4.69) is 9.97 Å². The van der Waals surface area contributed by atoms with Crippen LogP contribution in [0.15, 0.2) is 36.7 Å². The molecule has 0 bridgehead atoms. The van der Waals surface area contributed by atoms with Gasteiger partial charge in [-0.3, -0.25) is 4.98 Å². The Morgan fingerprint density at radius 1 is 1.12 bits per heavy atom. The Kier molecular flexibility index (Phi) is 3.90. The summed E-state index contributed by atoms with van der Waals surface area (Å²) >= 11 is 5.62. The second kappa shape index (κ2) is 5.61. The third-order valence-electron chi connectivity index (χ3n) is 2.17. The van der Waals surface area contributed by atoms with Gasteiger partial charge in [0, 0.05) is 0 Å². The van der Waals surface area contributed by atoms with Crippen molar-refractivity contribution in [3.05, 3.63) is 53.1 Å². The van der Waals surface area contributed by atoms with Crippen molar-refractivity contribution in [3.63, 3.8) is 0 Å². The molecule has 1 N–H and O–H groups in total. The minimum atomic E-state index is 0.0307. The van der Waals surface area contributed by atoms with Gasteiger partial charge in [-0.2, -0.15) is 0 Å². The third-order valence-corrected chi connectivity index (χ3v) is 2.36. The van der Waals surface area contributed by atoms with Crippen molar-refractivity contribution >= 4 is 11.6 Å². The minimum absolute atomic E-state index is 0.0307. The first-order valence-corrected chi connectivity index (χ1v) is 5.45. The smallest absolute Gasteiger partial charge is 0.147 e. The van der Waals surface area contributed by atoms with E-state index in [0.717, 1.165) is 11.3 Å². The fourth-order valence-corrected chi connectivity index (χ4v) is 1.36. The van der Waals surface area contributed by atoms with E-state index in [-0.39, 0.29) is 6.61 Å². The van der Waals surface area contributed by atoms with Gasteiger partial charge in [0.05, 0.1) is 24.7 Å². The van der Waals surface area contributed by atoms with Crippen molar-refractivity contribution in [2.75, 3.05) is 0 Å². The van der Waals surface area contributed by atoms with Crippen LogP contribution in [0.5, 0.6) is 5.75 Å². The fourth-order valence-electron chi connectivity index (χ4n) is 1.26. The molecule has 0 saturated carbocycles. The minimum Gasteiger partial charge on any atom is -0.487 e. The Balaban J connectivity index is 1.95. The molecule has 2 rings (SSSR count). The molecule has 0 atom stereocenters. The zero-order valence-electron chi connectivity index (χ0n) is 9.01. The number of aromatic nitrogens is 2. The number of aliphatic hydroxyl groups is 1. The van der Waals surface area contributed by atoms with E-state index >= 15 is 0 Å². The van der Waals surface area contributed by atoms with Crippen LogP contribution in [0, 0.1) is 0 Å². The summed E-state index contributed by atoms with van der Waals surface area (Å²) in [5, 5.41) is 9.25. The molecule has 88 valence electrons. The zero-order chi connectivity index (χ0) is 12.1. The van der Waals surface area contributed by atoms with Crippen LogP contribution in [0.2, 0.25) is 5.15 Å². The summed E-state index contributed by atoms with van der Waals surface area (Å²) in [6.45, 7) is 0.367. The van der Waals surface area contributed by atoms with Crippen molar-refractivity contribution in [2.45, 2.75) is 13.2 Å². The van der Waals surface area contributed by atoms with E-state index in [1.165, 1.54) is 6.20 Å².